The Labute approximate surface area is 212 Å². The summed E-state index contributed by atoms with van der Waals surface area (Å²) in [5, 5.41) is 14.9. The number of alkyl halides is 3. The number of benzene rings is 1. The van der Waals surface area contributed by atoms with Crippen molar-refractivity contribution in [2.24, 2.45) is 0 Å². The van der Waals surface area contributed by atoms with Gasteiger partial charge in [0, 0.05) is 17.3 Å². The summed E-state index contributed by atoms with van der Waals surface area (Å²) in [6.45, 7) is 2.96. The van der Waals surface area contributed by atoms with Gasteiger partial charge in [-0.05, 0) is 71.7 Å². The third kappa shape index (κ3) is 5.06. The third-order valence-corrected chi connectivity index (χ3v) is 8.09. The number of thiophene rings is 1. The Morgan fingerprint density at radius 3 is 2.37 bits per heavy atom. The van der Waals surface area contributed by atoms with Gasteiger partial charge >= 0.3 is 6.18 Å². The van der Waals surface area contributed by atoms with Crippen LogP contribution in [0.2, 0.25) is 0 Å². The summed E-state index contributed by atoms with van der Waals surface area (Å²) in [4.78, 5) is 5.36. The highest BCUT2D eigenvalue weighted by Gasteiger charge is 2.37. The van der Waals surface area contributed by atoms with E-state index in [0.717, 1.165) is 17.0 Å². The van der Waals surface area contributed by atoms with Crippen LogP contribution in [0, 0.1) is 0 Å². The lowest BCUT2D eigenvalue weighted by Gasteiger charge is -2.14. The van der Waals surface area contributed by atoms with E-state index in [0.29, 0.717) is 19.8 Å². The van der Waals surface area contributed by atoms with Crippen LogP contribution in [0.15, 0.2) is 64.1 Å². The molecule has 12 heteroatoms. The van der Waals surface area contributed by atoms with Crippen LogP contribution < -0.4 is 0 Å². The van der Waals surface area contributed by atoms with E-state index in [4.69, 9.17) is 0 Å². The minimum Gasteiger partial charge on any atom is -0.384 e. The van der Waals surface area contributed by atoms with Gasteiger partial charge in [-0.25, -0.2) is 18.1 Å². The van der Waals surface area contributed by atoms with E-state index in [-0.39, 0.29) is 16.3 Å². The molecule has 0 aliphatic carbocycles. The van der Waals surface area contributed by atoms with Crippen molar-refractivity contribution in [1.82, 2.24) is 14.8 Å². The number of hydrogen-bond donors (Lipinski definition) is 1. The fourth-order valence-corrected chi connectivity index (χ4v) is 6.23. The van der Waals surface area contributed by atoms with Crippen molar-refractivity contribution in [3.63, 3.8) is 0 Å². The number of rotatable bonds is 5. The molecule has 4 rings (SSSR count). The van der Waals surface area contributed by atoms with Gasteiger partial charge in [0.25, 0.3) is 0 Å². The Hall–Kier alpha value is -2.54. The number of nitrogens with zero attached hydrogens (tertiary/aromatic N) is 3. The van der Waals surface area contributed by atoms with Gasteiger partial charge in [0.15, 0.2) is 15.7 Å². The summed E-state index contributed by atoms with van der Waals surface area (Å²) in [5.74, 6) is -0.430. The lowest BCUT2D eigenvalue weighted by Crippen LogP contribution is -2.18. The van der Waals surface area contributed by atoms with Gasteiger partial charge in [0.2, 0.25) is 0 Å². The van der Waals surface area contributed by atoms with E-state index < -0.39 is 33.0 Å². The summed E-state index contributed by atoms with van der Waals surface area (Å²) >= 11 is 4.67. The van der Waals surface area contributed by atoms with Crippen LogP contribution in [0.25, 0.3) is 26.8 Å². The van der Waals surface area contributed by atoms with Crippen molar-refractivity contribution in [3.8, 4) is 26.8 Å². The Morgan fingerprint density at radius 1 is 1.06 bits per heavy atom. The smallest absolute Gasteiger partial charge is 0.384 e. The maximum atomic E-state index is 13.8. The molecule has 3 heterocycles. The van der Waals surface area contributed by atoms with Crippen LogP contribution in [-0.2, 0) is 21.6 Å². The Balaban J connectivity index is 1.94. The number of aromatic nitrogens is 3. The number of sulfone groups is 1. The predicted molar refractivity (Wildman–Crippen MR) is 131 cm³/mol. The standard InChI is InChI=1S/C23H19BrF3N3O3S2/c1-22(2,31)20-18(24)19(30(29-20)21-15(23(25,26)27)8-5-11-28-21)17-10-9-16(34-17)13-6-4-7-14(12-13)35(3,32)33/h4-12,31H,1-3H3. The third-order valence-electron chi connectivity index (χ3n) is 5.09. The van der Waals surface area contributed by atoms with Crippen LogP contribution in [0.5, 0.6) is 0 Å². The Morgan fingerprint density at radius 2 is 1.74 bits per heavy atom. The highest BCUT2D eigenvalue weighted by molar-refractivity contribution is 9.10. The fraction of sp³-hybridized carbons (Fsp3) is 0.217. The Bertz CT molecular complexity index is 1520. The summed E-state index contributed by atoms with van der Waals surface area (Å²) < 4.78 is 66.7. The summed E-state index contributed by atoms with van der Waals surface area (Å²) in [5.41, 5.74) is -1.38. The first kappa shape index (κ1) is 25.5. The zero-order chi connectivity index (χ0) is 25.8. The van der Waals surface area contributed by atoms with Gasteiger partial charge < -0.3 is 5.11 Å². The molecule has 0 amide bonds. The fourth-order valence-electron chi connectivity index (χ4n) is 3.44. The molecule has 0 spiro atoms. The lowest BCUT2D eigenvalue weighted by atomic mass is 10.1. The second-order valence-electron chi connectivity index (χ2n) is 8.32. The molecule has 0 radical (unpaired) electrons. The summed E-state index contributed by atoms with van der Waals surface area (Å²) in [6, 6.07) is 12.0. The molecule has 0 bridgehead atoms. The van der Waals surface area contributed by atoms with Gasteiger partial charge in [-0.15, -0.1) is 11.3 Å². The minimum absolute atomic E-state index is 0.139. The second kappa shape index (κ2) is 8.84. The largest absolute Gasteiger partial charge is 0.420 e. The quantitative estimate of drug-likeness (QED) is 0.307. The van der Waals surface area contributed by atoms with E-state index in [9.17, 15) is 26.7 Å². The molecule has 1 aromatic carbocycles. The minimum atomic E-state index is -4.68. The number of halogens is 4. The van der Waals surface area contributed by atoms with Crippen molar-refractivity contribution in [2.75, 3.05) is 6.26 Å². The van der Waals surface area contributed by atoms with Crippen LogP contribution in [-0.4, -0.2) is 34.5 Å². The molecule has 0 saturated carbocycles. The maximum Gasteiger partial charge on any atom is 0.420 e. The molecule has 0 saturated heterocycles. The normalized spacial score (nSPS) is 12.8. The van der Waals surface area contributed by atoms with Crippen LogP contribution in [0.4, 0.5) is 13.2 Å². The molecule has 3 aromatic heterocycles. The molecule has 6 nitrogen and oxygen atoms in total. The Kier molecular flexibility index (Phi) is 6.45. The molecule has 4 aromatic rings. The van der Waals surface area contributed by atoms with Crippen molar-refractivity contribution in [1.29, 1.82) is 0 Å². The first-order chi connectivity index (χ1) is 16.2. The summed E-state index contributed by atoms with van der Waals surface area (Å²) in [7, 11) is -3.42. The zero-order valence-corrected chi connectivity index (χ0v) is 21.8. The number of pyridine rings is 1. The predicted octanol–water partition coefficient (Wildman–Crippen LogP) is 6.08. The molecule has 0 fully saturated rings. The molecular formula is C23H19BrF3N3O3S2. The van der Waals surface area contributed by atoms with E-state index >= 15 is 0 Å². The zero-order valence-electron chi connectivity index (χ0n) is 18.6. The van der Waals surface area contributed by atoms with Crippen LogP contribution in [0.1, 0.15) is 25.1 Å². The molecule has 0 aliphatic heterocycles. The molecule has 0 aliphatic rings. The average molecular weight is 586 g/mol. The van der Waals surface area contributed by atoms with Crippen molar-refractivity contribution < 1.29 is 26.7 Å². The highest BCUT2D eigenvalue weighted by Crippen LogP contribution is 2.43. The monoisotopic (exact) mass is 585 g/mol. The number of aliphatic hydroxyl groups is 1. The summed E-state index contributed by atoms with van der Waals surface area (Å²) in [6.07, 6.45) is -2.32. The highest BCUT2D eigenvalue weighted by atomic mass is 79.9. The van der Waals surface area contributed by atoms with Crippen LogP contribution >= 0.6 is 27.3 Å². The molecule has 1 N–H and O–H groups in total. The van der Waals surface area contributed by atoms with Gasteiger partial charge in [-0.1, -0.05) is 12.1 Å². The molecule has 184 valence electrons. The van der Waals surface area contributed by atoms with Gasteiger partial charge in [0.05, 0.1) is 14.2 Å². The average Bonchev–Trinajstić information content (AvgIpc) is 3.37. The molecule has 0 unspecified atom stereocenters. The van der Waals surface area contributed by atoms with Crippen molar-refractivity contribution in [2.45, 2.75) is 30.5 Å². The van der Waals surface area contributed by atoms with E-state index in [2.05, 4.69) is 26.0 Å². The maximum absolute atomic E-state index is 13.8. The second-order valence-corrected chi connectivity index (χ2v) is 12.2. The first-order valence-electron chi connectivity index (χ1n) is 10.1. The van der Waals surface area contributed by atoms with Crippen molar-refractivity contribution in [3.05, 3.63) is 70.5 Å². The van der Waals surface area contributed by atoms with E-state index in [1.165, 1.54) is 43.5 Å². The number of hydrogen-bond acceptors (Lipinski definition) is 6. The molecule has 0 atom stereocenters. The van der Waals surface area contributed by atoms with E-state index in [1.54, 1.807) is 30.3 Å². The van der Waals surface area contributed by atoms with Gasteiger partial charge in [-0.3, -0.25) is 0 Å². The first-order valence-corrected chi connectivity index (χ1v) is 13.6. The SMILES string of the molecule is CC(C)(O)c1nn(-c2ncccc2C(F)(F)F)c(-c2ccc(-c3cccc(S(C)(=O)=O)c3)s2)c1Br. The van der Waals surface area contributed by atoms with Crippen LogP contribution in [0.3, 0.4) is 0 Å². The van der Waals surface area contributed by atoms with Gasteiger partial charge in [-0.2, -0.15) is 18.3 Å². The topological polar surface area (TPSA) is 85.1 Å². The lowest BCUT2D eigenvalue weighted by molar-refractivity contribution is -0.137. The van der Waals surface area contributed by atoms with Gasteiger partial charge in [0.1, 0.15) is 22.6 Å². The molecule has 35 heavy (non-hydrogen) atoms. The van der Waals surface area contributed by atoms with E-state index in [1.807, 2.05) is 0 Å². The molecular weight excluding hydrogens is 567 g/mol. The van der Waals surface area contributed by atoms with Crippen molar-refractivity contribution >= 4 is 37.1 Å².